The van der Waals surface area contributed by atoms with Crippen LogP contribution in [0.5, 0.6) is 0 Å². The number of furan rings is 1. The summed E-state index contributed by atoms with van der Waals surface area (Å²) in [5.41, 5.74) is 0.561. The summed E-state index contributed by atoms with van der Waals surface area (Å²) in [4.78, 5) is 28.0. The van der Waals surface area contributed by atoms with Crippen LogP contribution in [-0.4, -0.2) is 31.8 Å². The molecule has 2 amide bonds. The summed E-state index contributed by atoms with van der Waals surface area (Å²) in [7, 11) is -4.03. The van der Waals surface area contributed by atoms with Gasteiger partial charge in [-0.25, -0.2) is 12.8 Å². The predicted octanol–water partition coefficient (Wildman–Crippen LogP) is 1.76. The van der Waals surface area contributed by atoms with Crippen molar-refractivity contribution < 1.29 is 26.8 Å². The average molecular weight is 431 g/mol. The minimum Gasteiger partial charge on any atom is -0.468 e. The highest BCUT2D eigenvalue weighted by molar-refractivity contribution is 7.91. The molecule has 8 nitrogen and oxygen atoms in total. The number of benzene rings is 1. The molecule has 1 aromatic carbocycles. The summed E-state index contributed by atoms with van der Waals surface area (Å²) in [6.07, 6.45) is 2.85. The molecule has 0 fully saturated rings. The largest absolute Gasteiger partial charge is 0.468 e. The fourth-order valence-electron chi connectivity index (χ4n) is 2.65. The quantitative estimate of drug-likeness (QED) is 0.435. The Kier molecular flexibility index (Phi) is 6.58. The minimum atomic E-state index is -4.03. The van der Waals surface area contributed by atoms with Crippen molar-refractivity contribution in [1.82, 2.24) is 15.6 Å². The number of pyridine rings is 1. The number of carbonyl (C=O) groups is 2. The minimum absolute atomic E-state index is 0.0442. The first kappa shape index (κ1) is 21.2. The zero-order valence-electron chi connectivity index (χ0n) is 15.6. The highest BCUT2D eigenvalue weighted by Crippen LogP contribution is 2.29. The van der Waals surface area contributed by atoms with Crippen LogP contribution in [0.4, 0.5) is 4.39 Å². The van der Waals surface area contributed by atoms with Crippen LogP contribution in [0.15, 0.2) is 76.4 Å². The van der Waals surface area contributed by atoms with Gasteiger partial charge in [-0.1, -0.05) is 6.07 Å². The molecule has 0 bridgehead atoms. The molecule has 1 atom stereocenters. The molecule has 0 saturated carbocycles. The lowest BCUT2D eigenvalue weighted by Crippen LogP contribution is -2.42. The van der Waals surface area contributed by atoms with Gasteiger partial charge in [-0.3, -0.25) is 14.6 Å². The highest BCUT2D eigenvalue weighted by atomic mass is 32.2. The van der Waals surface area contributed by atoms with E-state index in [-0.39, 0.29) is 17.2 Å². The highest BCUT2D eigenvalue weighted by Gasteiger charge is 2.32. The van der Waals surface area contributed by atoms with E-state index in [4.69, 9.17) is 4.42 Å². The number of nitrogens with zero attached hydrogens (tertiary/aromatic N) is 1. The predicted molar refractivity (Wildman–Crippen MR) is 104 cm³/mol. The third-order valence-electron chi connectivity index (χ3n) is 4.19. The van der Waals surface area contributed by atoms with Crippen LogP contribution in [0.25, 0.3) is 0 Å². The van der Waals surface area contributed by atoms with Crippen molar-refractivity contribution in [2.75, 3.05) is 6.54 Å². The van der Waals surface area contributed by atoms with Crippen LogP contribution in [0, 0.1) is 5.82 Å². The SMILES string of the molecule is O=C(NCc1ccccn1)C(=O)NC[C@@H](c1ccco1)S(=O)(=O)c1ccc(F)cc1. The first-order valence-corrected chi connectivity index (χ1v) is 10.4. The van der Waals surface area contributed by atoms with Gasteiger partial charge in [0.25, 0.3) is 0 Å². The van der Waals surface area contributed by atoms with Crippen molar-refractivity contribution in [2.24, 2.45) is 0 Å². The molecular weight excluding hydrogens is 413 g/mol. The van der Waals surface area contributed by atoms with Crippen molar-refractivity contribution in [3.05, 3.63) is 84.3 Å². The van der Waals surface area contributed by atoms with E-state index in [2.05, 4.69) is 15.6 Å². The van der Waals surface area contributed by atoms with Gasteiger partial charge in [0.2, 0.25) is 0 Å². The lowest BCUT2D eigenvalue weighted by molar-refractivity contribution is -0.139. The van der Waals surface area contributed by atoms with E-state index in [0.717, 1.165) is 24.3 Å². The maximum Gasteiger partial charge on any atom is 0.309 e. The molecule has 2 aromatic heterocycles. The standard InChI is InChI=1S/C20H18FN3O5S/c21-14-6-8-16(9-7-14)30(27,28)18(17-5-3-11-29-17)13-24-20(26)19(25)23-12-15-4-1-2-10-22-15/h1-11,18H,12-13H2,(H,23,25)(H,24,26)/t18-/m0/s1. The molecule has 30 heavy (non-hydrogen) atoms. The maximum atomic E-state index is 13.2. The van der Waals surface area contributed by atoms with Crippen LogP contribution in [-0.2, 0) is 26.0 Å². The number of rotatable bonds is 7. The summed E-state index contributed by atoms with van der Waals surface area (Å²) >= 11 is 0. The summed E-state index contributed by atoms with van der Waals surface area (Å²) in [5.74, 6) is -2.44. The van der Waals surface area contributed by atoms with Gasteiger partial charge >= 0.3 is 11.8 Å². The Balaban J connectivity index is 1.69. The van der Waals surface area contributed by atoms with Gasteiger partial charge in [0, 0.05) is 12.7 Å². The van der Waals surface area contributed by atoms with E-state index in [1.54, 1.807) is 24.4 Å². The fourth-order valence-corrected chi connectivity index (χ4v) is 4.23. The second-order valence-corrected chi connectivity index (χ2v) is 8.35. The van der Waals surface area contributed by atoms with Gasteiger partial charge < -0.3 is 15.1 Å². The molecule has 3 aromatic rings. The Morgan fingerprint density at radius 1 is 1.00 bits per heavy atom. The Morgan fingerprint density at radius 2 is 1.73 bits per heavy atom. The Bertz CT molecular complexity index is 1100. The van der Waals surface area contributed by atoms with E-state index in [1.807, 2.05) is 0 Å². The van der Waals surface area contributed by atoms with Crippen LogP contribution < -0.4 is 10.6 Å². The Morgan fingerprint density at radius 3 is 2.37 bits per heavy atom. The molecule has 10 heteroatoms. The van der Waals surface area contributed by atoms with E-state index in [0.29, 0.717) is 5.69 Å². The number of halogens is 1. The van der Waals surface area contributed by atoms with Gasteiger partial charge in [0.15, 0.2) is 9.84 Å². The smallest absolute Gasteiger partial charge is 0.309 e. The van der Waals surface area contributed by atoms with Crippen molar-refractivity contribution >= 4 is 21.7 Å². The molecular formula is C20H18FN3O5S. The van der Waals surface area contributed by atoms with Crippen molar-refractivity contribution in [1.29, 1.82) is 0 Å². The van der Waals surface area contributed by atoms with E-state index in [1.165, 1.54) is 18.4 Å². The number of aromatic nitrogens is 1. The zero-order valence-corrected chi connectivity index (χ0v) is 16.4. The molecule has 0 radical (unpaired) electrons. The lowest BCUT2D eigenvalue weighted by Gasteiger charge is -2.16. The topological polar surface area (TPSA) is 118 Å². The van der Waals surface area contributed by atoms with Gasteiger partial charge in [-0.05, 0) is 48.5 Å². The molecule has 156 valence electrons. The first-order valence-electron chi connectivity index (χ1n) is 8.86. The number of hydrogen-bond acceptors (Lipinski definition) is 6. The van der Waals surface area contributed by atoms with Gasteiger partial charge in [-0.15, -0.1) is 0 Å². The molecule has 3 rings (SSSR count). The number of nitrogens with one attached hydrogen (secondary N) is 2. The molecule has 0 unspecified atom stereocenters. The van der Waals surface area contributed by atoms with E-state index in [9.17, 15) is 22.4 Å². The molecule has 0 aliphatic heterocycles. The fraction of sp³-hybridized carbons (Fsp3) is 0.150. The molecule has 0 saturated heterocycles. The average Bonchev–Trinajstić information content (AvgIpc) is 3.27. The molecule has 2 heterocycles. The molecule has 0 spiro atoms. The molecule has 0 aliphatic carbocycles. The number of amides is 2. The van der Waals surface area contributed by atoms with Crippen molar-refractivity contribution in [3.8, 4) is 0 Å². The van der Waals surface area contributed by atoms with Crippen LogP contribution >= 0.6 is 0 Å². The summed E-state index contributed by atoms with van der Waals surface area (Å²) < 4.78 is 44.4. The van der Waals surface area contributed by atoms with Crippen LogP contribution in [0.1, 0.15) is 16.7 Å². The maximum absolute atomic E-state index is 13.2. The number of sulfone groups is 1. The van der Waals surface area contributed by atoms with Crippen molar-refractivity contribution in [3.63, 3.8) is 0 Å². The van der Waals surface area contributed by atoms with Crippen LogP contribution in [0.3, 0.4) is 0 Å². The normalized spacial score (nSPS) is 12.2. The molecule has 0 aliphatic rings. The van der Waals surface area contributed by atoms with Gasteiger partial charge in [0.05, 0.1) is 23.4 Å². The second-order valence-electron chi connectivity index (χ2n) is 6.22. The van der Waals surface area contributed by atoms with Crippen molar-refractivity contribution in [2.45, 2.75) is 16.7 Å². The summed E-state index contributed by atoms with van der Waals surface area (Å²) in [5, 5.41) is 3.42. The van der Waals surface area contributed by atoms with Gasteiger partial charge in [-0.2, -0.15) is 0 Å². The third-order valence-corrected chi connectivity index (χ3v) is 6.27. The number of hydrogen-bond donors (Lipinski definition) is 2. The monoisotopic (exact) mass is 431 g/mol. The van der Waals surface area contributed by atoms with E-state index >= 15 is 0 Å². The van der Waals surface area contributed by atoms with Crippen LogP contribution in [0.2, 0.25) is 0 Å². The third kappa shape index (κ3) is 5.09. The van der Waals surface area contributed by atoms with E-state index < -0.39 is 39.3 Å². The Labute approximate surface area is 172 Å². The second kappa shape index (κ2) is 9.31. The molecule has 2 N–H and O–H groups in total. The Hall–Kier alpha value is -3.53. The number of carbonyl (C=O) groups excluding carboxylic acids is 2. The summed E-state index contributed by atoms with van der Waals surface area (Å²) in [6.45, 7) is -0.369. The first-order chi connectivity index (χ1) is 14.4. The summed E-state index contributed by atoms with van der Waals surface area (Å²) in [6, 6.07) is 12.4. The lowest BCUT2D eigenvalue weighted by atomic mass is 10.3. The zero-order chi connectivity index (χ0) is 21.6. The van der Waals surface area contributed by atoms with Gasteiger partial charge in [0.1, 0.15) is 16.8 Å².